The smallest absolute Gasteiger partial charge is 0.329 e. The van der Waals surface area contributed by atoms with Crippen molar-refractivity contribution >= 4 is 17.3 Å². The molecule has 0 saturated heterocycles. The maximum absolute atomic E-state index is 11.4. The lowest BCUT2D eigenvalue weighted by atomic mass is 9.95. The Hall–Kier alpha value is -2.11. The van der Waals surface area contributed by atoms with E-state index in [4.69, 9.17) is 0 Å². The zero-order valence-corrected chi connectivity index (χ0v) is 9.92. The van der Waals surface area contributed by atoms with Gasteiger partial charge in [0.25, 0.3) is 5.69 Å². The molecule has 2 rings (SSSR count). The lowest BCUT2D eigenvalue weighted by Crippen LogP contribution is -2.45. The van der Waals surface area contributed by atoms with Gasteiger partial charge in [-0.05, 0) is 31.7 Å². The Bertz CT molecular complexity index is 499. The van der Waals surface area contributed by atoms with Crippen molar-refractivity contribution in [3.05, 3.63) is 34.4 Å². The highest BCUT2D eigenvalue weighted by molar-refractivity contribution is 5.84. The van der Waals surface area contributed by atoms with Crippen molar-refractivity contribution in [3.8, 4) is 0 Å². The molecule has 1 aromatic rings. The average molecular weight is 250 g/mol. The summed E-state index contributed by atoms with van der Waals surface area (Å²) in [5.41, 5.74) is -1.00. The van der Waals surface area contributed by atoms with Gasteiger partial charge in [-0.1, -0.05) is 12.1 Å². The van der Waals surface area contributed by atoms with Crippen molar-refractivity contribution in [3.63, 3.8) is 0 Å². The molecule has 6 nitrogen and oxygen atoms in total. The highest BCUT2D eigenvalue weighted by Gasteiger charge is 2.48. The molecular formula is C12H14N2O4. The van der Waals surface area contributed by atoms with E-state index in [2.05, 4.69) is 5.32 Å². The Morgan fingerprint density at radius 1 is 1.50 bits per heavy atom. The van der Waals surface area contributed by atoms with Crippen LogP contribution in [0, 0.1) is 16.0 Å². The lowest BCUT2D eigenvalue weighted by Gasteiger charge is -2.27. The molecule has 0 spiro atoms. The van der Waals surface area contributed by atoms with Gasteiger partial charge in [-0.3, -0.25) is 10.1 Å². The van der Waals surface area contributed by atoms with Crippen LogP contribution >= 0.6 is 0 Å². The summed E-state index contributed by atoms with van der Waals surface area (Å²) in [6.45, 7) is 1.57. The second-order valence-corrected chi connectivity index (χ2v) is 4.68. The van der Waals surface area contributed by atoms with E-state index in [1.807, 2.05) is 0 Å². The van der Waals surface area contributed by atoms with Gasteiger partial charge in [-0.15, -0.1) is 0 Å². The van der Waals surface area contributed by atoms with Crippen LogP contribution in [0.25, 0.3) is 0 Å². The fourth-order valence-corrected chi connectivity index (χ4v) is 2.01. The number of para-hydroxylation sites is 2. The van der Waals surface area contributed by atoms with Crippen LogP contribution in [0.15, 0.2) is 24.3 Å². The Morgan fingerprint density at radius 2 is 2.11 bits per heavy atom. The average Bonchev–Trinajstić information content (AvgIpc) is 3.13. The van der Waals surface area contributed by atoms with E-state index in [-0.39, 0.29) is 17.3 Å². The van der Waals surface area contributed by atoms with Gasteiger partial charge in [-0.2, -0.15) is 0 Å². The number of carbonyl (C=O) groups is 1. The number of nitrogens with zero attached hydrogens (tertiary/aromatic N) is 1. The lowest BCUT2D eigenvalue weighted by molar-refractivity contribution is -0.384. The number of nitro benzene ring substituents is 1. The molecule has 1 unspecified atom stereocenters. The fourth-order valence-electron chi connectivity index (χ4n) is 2.01. The number of carboxylic acid groups (broad SMARTS) is 1. The highest BCUT2D eigenvalue weighted by Crippen LogP contribution is 2.42. The van der Waals surface area contributed by atoms with Crippen molar-refractivity contribution < 1.29 is 14.8 Å². The summed E-state index contributed by atoms with van der Waals surface area (Å²) in [6, 6.07) is 6.09. The van der Waals surface area contributed by atoms with Crippen molar-refractivity contribution in [1.29, 1.82) is 0 Å². The highest BCUT2D eigenvalue weighted by atomic mass is 16.6. The Kier molecular flexibility index (Phi) is 2.94. The number of hydrogen-bond acceptors (Lipinski definition) is 4. The van der Waals surface area contributed by atoms with Crippen LogP contribution in [0.2, 0.25) is 0 Å². The summed E-state index contributed by atoms with van der Waals surface area (Å²) in [5, 5.41) is 23.0. The summed E-state index contributed by atoms with van der Waals surface area (Å²) in [4.78, 5) is 21.7. The van der Waals surface area contributed by atoms with Gasteiger partial charge in [-0.25, -0.2) is 4.79 Å². The van der Waals surface area contributed by atoms with E-state index in [0.717, 1.165) is 12.8 Å². The number of carboxylic acids is 1. The van der Waals surface area contributed by atoms with Crippen LogP contribution < -0.4 is 5.32 Å². The quantitative estimate of drug-likeness (QED) is 0.617. The molecule has 1 aromatic carbocycles. The molecule has 1 aliphatic rings. The molecule has 1 saturated carbocycles. The molecule has 0 radical (unpaired) electrons. The van der Waals surface area contributed by atoms with Crippen LogP contribution in [0.1, 0.15) is 19.8 Å². The van der Waals surface area contributed by atoms with Gasteiger partial charge >= 0.3 is 5.97 Å². The number of rotatable bonds is 5. The molecule has 96 valence electrons. The molecule has 1 atom stereocenters. The van der Waals surface area contributed by atoms with Gasteiger partial charge in [0.2, 0.25) is 0 Å². The molecule has 6 heteroatoms. The zero-order chi connectivity index (χ0) is 13.3. The molecule has 1 aliphatic carbocycles. The molecule has 1 fully saturated rings. The van der Waals surface area contributed by atoms with E-state index in [9.17, 15) is 20.0 Å². The Labute approximate surface area is 104 Å². The molecular weight excluding hydrogens is 236 g/mol. The number of aliphatic carboxylic acids is 1. The first-order chi connectivity index (χ1) is 8.45. The van der Waals surface area contributed by atoms with Crippen molar-refractivity contribution in [2.75, 3.05) is 5.32 Å². The molecule has 18 heavy (non-hydrogen) atoms. The monoisotopic (exact) mass is 250 g/mol. The third-order valence-corrected chi connectivity index (χ3v) is 3.33. The molecule has 2 N–H and O–H groups in total. The van der Waals surface area contributed by atoms with Gasteiger partial charge in [0.1, 0.15) is 11.2 Å². The Balaban J connectivity index is 2.32. The van der Waals surface area contributed by atoms with E-state index >= 15 is 0 Å². The van der Waals surface area contributed by atoms with Crippen molar-refractivity contribution in [1.82, 2.24) is 0 Å². The van der Waals surface area contributed by atoms with Gasteiger partial charge in [0, 0.05) is 6.07 Å². The van der Waals surface area contributed by atoms with Crippen LogP contribution in [0.4, 0.5) is 11.4 Å². The standard InChI is InChI=1S/C12H14N2O4/c1-12(11(15)16,8-6-7-8)13-9-4-2-3-5-10(9)14(17)18/h2-5,8,13H,6-7H2,1H3,(H,15,16). The summed E-state index contributed by atoms with van der Waals surface area (Å²) >= 11 is 0. The minimum Gasteiger partial charge on any atom is -0.480 e. The maximum Gasteiger partial charge on any atom is 0.329 e. The molecule has 0 bridgehead atoms. The van der Waals surface area contributed by atoms with E-state index in [0.29, 0.717) is 0 Å². The summed E-state index contributed by atoms with van der Waals surface area (Å²) in [6.07, 6.45) is 1.66. The third-order valence-electron chi connectivity index (χ3n) is 3.33. The number of nitro groups is 1. The van der Waals surface area contributed by atoms with Crippen molar-refractivity contribution in [2.24, 2.45) is 5.92 Å². The van der Waals surface area contributed by atoms with Crippen molar-refractivity contribution in [2.45, 2.75) is 25.3 Å². The van der Waals surface area contributed by atoms with Gasteiger partial charge < -0.3 is 10.4 Å². The minimum absolute atomic E-state index is 0.0230. The topological polar surface area (TPSA) is 92.5 Å². The minimum atomic E-state index is -1.15. The fraction of sp³-hybridized carbons (Fsp3) is 0.417. The first kappa shape index (κ1) is 12.3. The zero-order valence-electron chi connectivity index (χ0n) is 9.92. The number of nitrogens with one attached hydrogen (secondary N) is 1. The van der Waals surface area contributed by atoms with Gasteiger partial charge in [0.15, 0.2) is 0 Å². The largest absolute Gasteiger partial charge is 0.480 e. The molecule has 0 heterocycles. The first-order valence-corrected chi connectivity index (χ1v) is 5.70. The van der Waals surface area contributed by atoms with Crippen LogP contribution in [0.3, 0.4) is 0 Å². The van der Waals surface area contributed by atoms with Gasteiger partial charge in [0.05, 0.1) is 4.92 Å². The van der Waals surface area contributed by atoms with E-state index in [1.165, 1.54) is 12.1 Å². The first-order valence-electron chi connectivity index (χ1n) is 5.70. The second-order valence-electron chi connectivity index (χ2n) is 4.68. The predicted molar refractivity (Wildman–Crippen MR) is 65.5 cm³/mol. The van der Waals surface area contributed by atoms with Crippen LogP contribution in [-0.2, 0) is 4.79 Å². The SMILES string of the molecule is CC(Nc1ccccc1[N+](=O)[O-])(C(=O)O)C1CC1. The predicted octanol–water partition coefficient (Wildman–Crippen LogP) is 2.26. The third kappa shape index (κ3) is 2.13. The van der Waals surface area contributed by atoms with Crippen LogP contribution in [-0.4, -0.2) is 21.5 Å². The molecule has 0 amide bonds. The summed E-state index contributed by atoms with van der Waals surface area (Å²) < 4.78 is 0. The summed E-state index contributed by atoms with van der Waals surface area (Å²) in [5.74, 6) is -0.960. The Morgan fingerprint density at radius 3 is 2.61 bits per heavy atom. The van der Waals surface area contributed by atoms with E-state index in [1.54, 1.807) is 19.1 Å². The number of anilines is 1. The maximum atomic E-state index is 11.4. The second kappa shape index (κ2) is 4.29. The van der Waals surface area contributed by atoms with E-state index < -0.39 is 16.4 Å². The summed E-state index contributed by atoms with van der Waals surface area (Å²) in [7, 11) is 0. The molecule has 0 aromatic heterocycles. The normalized spacial score (nSPS) is 17.8. The number of hydrogen-bond donors (Lipinski definition) is 2. The molecule has 0 aliphatic heterocycles. The number of benzene rings is 1. The van der Waals surface area contributed by atoms with Crippen LogP contribution in [0.5, 0.6) is 0 Å².